The molecule has 1 N–H and O–H groups in total. The van der Waals surface area contributed by atoms with Crippen molar-refractivity contribution < 1.29 is 0 Å². The highest BCUT2D eigenvalue weighted by Gasteiger charge is 2.29. The van der Waals surface area contributed by atoms with Crippen LogP contribution in [0.1, 0.15) is 30.9 Å². The second-order valence-corrected chi connectivity index (χ2v) is 7.03. The summed E-state index contributed by atoms with van der Waals surface area (Å²) in [5, 5.41) is 3.77. The molecule has 2 heteroatoms. The number of nitrogens with zero attached hydrogens (tertiary/aromatic N) is 1. The maximum Gasteiger partial charge on any atom is 0.0600 e. The first-order valence-electron chi connectivity index (χ1n) is 8.32. The Bertz CT molecular complexity index is 714. The molecule has 2 nitrogen and oxygen atoms in total. The molecule has 1 saturated carbocycles. The van der Waals surface area contributed by atoms with E-state index >= 15 is 0 Å². The molecule has 0 radical (unpaired) electrons. The van der Waals surface area contributed by atoms with Gasteiger partial charge in [-0.2, -0.15) is 0 Å². The molecule has 0 saturated heterocycles. The normalized spacial score (nSPS) is 16.9. The van der Waals surface area contributed by atoms with E-state index in [1.54, 1.807) is 0 Å². The number of fused-ring (bicyclic) bond motifs is 3. The molecule has 0 aliphatic heterocycles. The average molecular weight is 292 g/mol. The third kappa shape index (κ3) is 2.27. The third-order valence-corrected chi connectivity index (χ3v) is 5.10. The highest BCUT2D eigenvalue weighted by atomic mass is 15.1. The molecule has 2 aliphatic rings. The van der Waals surface area contributed by atoms with Crippen LogP contribution in [0.4, 0.5) is 11.4 Å². The second-order valence-electron chi connectivity index (χ2n) is 7.03. The molecular weight excluding hydrogens is 268 g/mol. The monoisotopic (exact) mass is 292 g/mol. The van der Waals surface area contributed by atoms with E-state index in [2.05, 4.69) is 67.6 Å². The first-order valence-corrected chi connectivity index (χ1v) is 8.32. The summed E-state index contributed by atoms with van der Waals surface area (Å²) in [5.74, 6) is 0.857. The summed E-state index contributed by atoms with van der Waals surface area (Å²) in [4.78, 5) is 2.23. The average Bonchev–Trinajstić information content (AvgIpc) is 3.28. The molecular formula is C20H24N2. The summed E-state index contributed by atoms with van der Waals surface area (Å²) >= 11 is 0. The van der Waals surface area contributed by atoms with Crippen molar-refractivity contribution in [2.24, 2.45) is 5.92 Å². The van der Waals surface area contributed by atoms with Crippen molar-refractivity contribution in [3.8, 4) is 11.1 Å². The van der Waals surface area contributed by atoms with Gasteiger partial charge in [0.1, 0.15) is 0 Å². The van der Waals surface area contributed by atoms with E-state index < -0.39 is 0 Å². The summed E-state index contributed by atoms with van der Waals surface area (Å²) in [7, 11) is 4.27. The standard InChI is InChI=1S/C20H24N2/c1-13(14-8-9-14)21-19-12-18-16(11-20(19)22(2)3)10-15-6-4-5-7-17(15)18/h4-7,11-14,21H,8-10H2,1-3H3. The van der Waals surface area contributed by atoms with Gasteiger partial charge in [0.15, 0.2) is 0 Å². The van der Waals surface area contributed by atoms with Gasteiger partial charge in [-0.25, -0.2) is 0 Å². The molecule has 1 unspecified atom stereocenters. The molecule has 0 amide bonds. The summed E-state index contributed by atoms with van der Waals surface area (Å²) in [6, 6.07) is 14.1. The smallest absolute Gasteiger partial charge is 0.0600 e. The Hall–Kier alpha value is -1.96. The van der Waals surface area contributed by atoms with Crippen molar-refractivity contribution in [3.05, 3.63) is 47.5 Å². The number of hydrogen-bond donors (Lipinski definition) is 1. The molecule has 2 aliphatic carbocycles. The van der Waals surface area contributed by atoms with Gasteiger partial charge < -0.3 is 10.2 Å². The zero-order valence-electron chi connectivity index (χ0n) is 13.7. The SMILES string of the molecule is CC(Nc1cc2c(cc1N(C)C)Cc1ccccc1-2)C1CC1. The van der Waals surface area contributed by atoms with Crippen LogP contribution in [0.3, 0.4) is 0 Å². The largest absolute Gasteiger partial charge is 0.381 e. The fourth-order valence-corrected chi connectivity index (χ4v) is 3.62. The van der Waals surface area contributed by atoms with E-state index in [4.69, 9.17) is 0 Å². The molecule has 0 spiro atoms. The predicted octanol–water partition coefficient (Wildman–Crippen LogP) is 4.53. The lowest BCUT2D eigenvalue weighted by atomic mass is 10.0. The Balaban J connectivity index is 1.77. The number of benzene rings is 2. The zero-order chi connectivity index (χ0) is 15.3. The van der Waals surface area contributed by atoms with Gasteiger partial charge in [0, 0.05) is 20.1 Å². The topological polar surface area (TPSA) is 15.3 Å². The van der Waals surface area contributed by atoms with E-state index in [1.807, 2.05) is 0 Å². The Morgan fingerprint density at radius 2 is 1.82 bits per heavy atom. The minimum atomic E-state index is 0.563. The van der Waals surface area contributed by atoms with Crippen LogP contribution in [0.15, 0.2) is 36.4 Å². The van der Waals surface area contributed by atoms with Crippen LogP contribution < -0.4 is 10.2 Å². The van der Waals surface area contributed by atoms with Gasteiger partial charge in [-0.3, -0.25) is 0 Å². The van der Waals surface area contributed by atoms with Crippen LogP contribution in [0, 0.1) is 5.92 Å². The lowest BCUT2D eigenvalue weighted by molar-refractivity contribution is 0.694. The van der Waals surface area contributed by atoms with Gasteiger partial charge in [-0.1, -0.05) is 24.3 Å². The molecule has 1 atom stereocenters. The van der Waals surface area contributed by atoms with Crippen molar-refractivity contribution in [1.29, 1.82) is 0 Å². The van der Waals surface area contributed by atoms with Crippen molar-refractivity contribution in [3.63, 3.8) is 0 Å². The van der Waals surface area contributed by atoms with Crippen molar-refractivity contribution >= 4 is 11.4 Å². The van der Waals surface area contributed by atoms with Gasteiger partial charge in [0.25, 0.3) is 0 Å². The highest BCUT2D eigenvalue weighted by molar-refractivity contribution is 5.85. The summed E-state index contributed by atoms with van der Waals surface area (Å²) < 4.78 is 0. The van der Waals surface area contributed by atoms with E-state index in [1.165, 1.54) is 46.5 Å². The number of anilines is 2. The van der Waals surface area contributed by atoms with Crippen LogP contribution in [0.25, 0.3) is 11.1 Å². The number of nitrogens with one attached hydrogen (secondary N) is 1. The number of hydrogen-bond acceptors (Lipinski definition) is 2. The molecule has 114 valence electrons. The van der Waals surface area contributed by atoms with Crippen molar-refractivity contribution in [2.75, 3.05) is 24.3 Å². The summed E-state index contributed by atoms with van der Waals surface area (Å²) in [5.41, 5.74) is 8.31. The van der Waals surface area contributed by atoms with Crippen LogP contribution in [-0.2, 0) is 6.42 Å². The maximum atomic E-state index is 3.77. The Morgan fingerprint density at radius 3 is 2.55 bits per heavy atom. The van der Waals surface area contributed by atoms with Crippen LogP contribution in [-0.4, -0.2) is 20.1 Å². The molecule has 0 aromatic heterocycles. The lowest BCUT2D eigenvalue weighted by Crippen LogP contribution is -2.20. The minimum absolute atomic E-state index is 0.563. The van der Waals surface area contributed by atoms with Crippen LogP contribution in [0.5, 0.6) is 0 Å². The van der Waals surface area contributed by atoms with Gasteiger partial charge in [0.2, 0.25) is 0 Å². The fraction of sp³-hybridized carbons (Fsp3) is 0.400. The van der Waals surface area contributed by atoms with Gasteiger partial charge in [-0.15, -0.1) is 0 Å². The van der Waals surface area contributed by atoms with Crippen molar-refractivity contribution in [1.82, 2.24) is 0 Å². The van der Waals surface area contributed by atoms with Gasteiger partial charge in [-0.05, 0) is 66.5 Å². The zero-order valence-corrected chi connectivity index (χ0v) is 13.7. The quantitative estimate of drug-likeness (QED) is 0.760. The molecule has 1 fully saturated rings. The Labute approximate surface area is 133 Å². The maximum absolute atomic E-state index is 3.77. The van der Waals surface area contributed by atoms with Crippen molar-refractivity contribution in [2.45, 2.75) is 32.2 Å². The van der Waals surface area contributed by atoms with E-state index in [9.17, 15) is 0 Å². The van der Waals surface area contributed by atoms with E-state index in [0.717, 1.165) is 12.3 Å². The first kappa shape index (κ1) is 13.7. The highest BCUT2D eigenvalue weighted by Crippen LogP contribution is 2.43. The van der Waals surface area contributed by atoms with E-state index in [-0.39, 0.29) is 0 Å². The summed E-state index contributed by atoms with van der Waals surface area (Å²) in [6.45, 7) is 2.32. The van der Waals surface area contributed by atoms with Crippen LogP contribution >= 0.6 is 0 Å². The second kappa shape index (κ2) is 5.05. The van der Waals surface area contributed by atoms with Crippen LogP contribution in [0.2, 0.25) is 0 Å². The summed E-state index contributed by atoms with van der Waals surface area (Å²) in [6.07, 6.45) is 3.81. The molecule has 2 aromatic rings. The molecule has 0 heterocycles. The Kier molecular flexibility index (Phi) is 3.14. The van der Waals surface area contributed by atoms with E-state index in [0.29, 0.717) is 6.04 Å². The first-order chi connectivity index (χ1) is 10.6. The number of rotatable bonds is 4. The fourth-order valence-electron chi connectivity index (χ4n) is 3.62. The molecule has 0 bridgehead atoms. The molecule has 22 heavy (non-hydrogen) atoms. The predicted molar refractivity (Wildman–Crippen MR) is 94.8 cm³/mol. The molecule has 2 aromatic carbocycles. The minimum Gasteiger partial charge on any atom is -0.381 e. The van der Waals surface area contributed by atoms with Gasteiger partial charge >= 0.3 is 0 Å². The van der Waals surface area contributed by atoms with Gasteiger partial charge in [0.05, 0.1) is 11.4 Å². The molecule has 4 rings (SSSR count). The lowest BCUT2D eigenvalue weighted by Gasteiger charge is -2.23. The third-order valence-electron chi connectivity index (χ3n) is 5.10. The Morgan fingerprint density at radius 1 is 1.05 bits per heavy atom.